The van der Waals surface area contributed by atoms with Crippen LogP contribution in [0, 0.1) is 18.6 Å². The molecule has 0 aliphatic carbocycles. The lowest BCUT2D eigenvalue weighted by molar-refractivity contribution is 0.507. The summed E-state index contributed by atoms with van der Waals surface area (Å²) in [5.41, 5.74) is 0.443. The Bertz CT molecular complexity index is 208. The highest BCUT2D eigenvalue weighted by Crippen LogP contribution is 2.18. The van der Waals surface area contributed by atoms with Crippen LogP contribution in [0.25, 0.3) is 0 Å². The van der Waals surface area contributed by atoms with Crippen LogP contribution in [0.15, 0.2) is 16.6 Å². The molecule has 0 amide bonds. The Morgan fingerprint density at radius 3 is 2.20 bits per heavy atom. The van der Waals surface area contributed by atoms with Gasteiger partial charge in [-0.15, -0.1) is 0 Å². The van der Waals surface area contributed by atoms with Crippen LogP contribution in [-0.4, -0.2) is 0 Å². The molecule has 0 heterocycles. The van der Waals surface area contributed by atoms with Gasteiger partial charge < -0.3 is 0 Å². The van der Waals surface area contributed by atoms with Crippen molar-refractivity contribution in [3.8, 4) is 0 Å². The number of hydrogen-bond acceptors (Lipinski definition) is 0. The first kappa shape index (κ1) is 7.66. The first-order valence-corrected chi connectivity index (χ1v) is 3.37. The van der Waals surface area contributed by atoms with Crippen molar-refractivity contribution in [2.45, 2.75) is 0 Å². The summed E-state index contributed by atoms with van der Waals surface area (Å²) in [6.07, 6.45) is 0. The lowest BCUT2D eigenvalue weighted by atomic mass is 10.2. The topological polar surface area (TPSA) is 0 Å². The first-order valence-electron chi connectivity index (χ1n) is 2.58. The normalized spacial score (nSPS) is 10.0. The number of rotatable bonds is 0. The van der Waals surface area contributed by atoms with E-state index < -0.39 is 11.6 Å². The van der Waals surface area contributed by atoms with Crippen molar-refractivity contribution in [1.82, 2.24) is 0 Å². The highest BCUT2D eigenvalue weighted by atomic mass is 79.9. The fraction of sp³-hybridized carbons (Fsp3) is 0. The van der Waals surface area contributed by atoms with Gasteiger partial charge in [-0.2, -0.15) is 0 Å². The minimum atomic E-state index is -0.867. The van der Waals surface area contributed by atoms with Gasteiger partial charge in [0.05, 0.1) is 0 Å². The van der Waals surface area contributed by atoms with Crippen LogP contribution < -0.4 is 0 Å². The molecular weight excluding hydrogens is 202 g/mol. The first-order chi connectivity index (χ1) is 4.61. The third-order valence-electron chi connectivity index (χ3n) is 1.09. The van der Waals surface area contributed by atoms with Crippen LogP contribution in [-0.2, 0) is 0 Å². The van der Waals surface area contributed by atoms with E-state index in [-0.39, 0.29) is 0 Å². The summed E-state index contributed by atoms with van der Waals surface area (Å²) in [4.78, 5) is 0. The number of benzene rings is 1. The average molecular weight is 206 g/mol. The van der Waals surface area contributed by atoms with E-state index in [0.29, 0.717) is 10.0 Å². The summed E-state index contributed by atoms with van der Waals surface area (Å²) in [5.74, 6) is -1.73. The molecule has 3 heteroatoms. The molecule has 10 heavy (non-hydrogen) atoms. The minimum Gasteiger partial charge on any atom is -0.204 e. The summed E-state index contributed by atoms with van der Waals surface area (Å²) in [6.45, 7) is 3.47. The molecule has 0 unspecified atom stereocenters. The van der Waals surface area contributed by atoms with Gasteiger partial charge in [0.2, 0.25) is 0 Å². The zero-order valence-corrected chi connectivity index (χ0v) is 6.58. The van der Waals surface area contributed by atoms with Gasteiger partial charge in [-0.1, -0.05) is 15.9 Å². The van der Waals surface area contributed by atoms with Gasteiger partial charge in [0.25, 0.3) is 0 Å². The molecule has 0 fully saturated rings. The molecule has 0 saturated carbocycles. The van der Waals surface area contributed by atoms with E-state index in [2.05, 4.69) is 22.9 Å². The molecule has 0 N–H and O–H groups in total. The fourth-order valence-electron chi connectivity index (χ4n) is 0.564. The Balaban J connectivity index is 3.28. The largest absolute Gasteiger partial charge is 0.204 e. The molecular formula is C7H4BrF2. The number of hydrogen-bond donors (Lipinski definition) is 0. The molecule has 0 spiro atoms. The Labute approximate surface area is 66.0 Å². The SMILES string of the molecule is [CH2]c1cc(F)c(F)cc1Br. The van der Waals surface area contributed by atoms with Gasteiger partial charge >= 0.3 is 0 Å². The van der Waals surface area contributed by atoms with E-state index in [4.69, 9.17) is 0 Å². The summed E-state index contributed by atoms with van der Waals surface area (Å²) in [7, 11) is 0. The molecule has 0 bridgehead atoms. The van der Waals surface area contributed by atoms with Gasteiger partial charge in [0.15, 0.2) is 11.6 Å². The molecule has 0 saturated heterocycles. The maximum absolute atomic E-state index is 12.3. The van der Waals surface area contributed by atoms with E-state index in [1.165, 1.54) is 0 Å². The highest BCUT2D eigenvalue weighted by Gasteiger charge is 2.03. The van der Waals surface area contributed by atoms with Gasteiger partial charge in [-0.3, -0.25) is 0 Å². The highest BCUT2D eigenvalue weighted by molar-refractivity contribution is 9.10. The monoisotopic (exact) mass is 205 g/mol. The Hall–Kier alpha value is -0.440. The molecule has 0 atom stereocenters. The van der Waals surface area contributed by atoms with E-state index in [9.17, 15) is 8.78 Å². The Morgan fingerprint density at radius 2 is 1.70 bits per heavy atom. The van der Waals surface area contributed by atoms with E-state index in [0.717, 1.165) is 12.1 Å². The molecule has 0 aliphatic rings. The van der Waals surface area contributed by atoms with Crippen molar-refractivity contribution in [2.75, 3.05) is 0 Å². The lowest BCUT2D eigenvalue weighted by Crippen LogP contribution is -1.85. The van der Waals surface area contributed by atoms with Crippen molar-refractivity contribution in [1.29, 1.82) is 0 Å². The quantitative estimate of drug-likeness (QED) is 0.572. The van der Waals surface area contributed by atoms with E-state index >= 15 is 0 Å². The minimum absolute atomic E-state index is 0.443. The van der Waals surface area contributed by atoms with Crippen molar-refractivity contribution < 1.29 is 8.78 Å². The smallest absolute Gasteiger partial charge is 0.159 e. The summed E-state index contributed by atoms with van der Waals surface area (Å²) in [6, 6.07) is 2.09. The number of halogens is 3. The fourth-order valence-corrected chi connectivity index (χ4v) is 0.879. The third kappa shape index (κ3) is 1.34. The summed E-state index contributed by atoms with van der Waals surface area (Å²) >= 11 is 3.01. The molecule has 1 aromatic carbocycles. The van der Waals surface area contributed by atoms with Gasteiger partial charge in [0, 0.05) is 4.47 Å². The van der Waals surface area contributed by atoms with Crippen LogP contribution in [0.1, 0.15) is 5.56 Å². The van der Waals surface area contributed by atoms with E-state index in [1.54, 1.807) is 0 Å². The van der Waals surface area contributed by atoms with Crippen molar-refractivity contribution in [3.63, 3.8) is 0 Å². The standard InChI is InChI=1S/C7H4BrF2/c1-4-2-6(9)7(10)3-5(4)8/h2-3H,1H2. The van der Waals surface area contributed by atoms with Crippen LogP contribution in [0.2, 0.25) is 0 Å². The maximum Gasteiger partial charge on any atom is 0.159 e. The molecule has 0 aliphatic heterocycles. The predicted octanol–water partition coefficient (Wildman–Crippen LogP) is 2.91. The zero-order chi connectivity index (χ0) is 7.72. The van der Waals surface area contributed by atoms with Crippen LogP contribution >= 0.6 is 15.9 Å². The van der Waals surface area contributed by atoms with Gasteiger partial charge in [-0.05, 0) is 24.6 Å². The van der Waals surface area contributed by atoms with Crippen molar-refractivity contribution in [3.05, 3.63) is 40.7 Å². The summed E-state index contributed by atoms with van der Waals surface area (Å²) < 4.78 is 25.1. The second kappa shape index (κ2) is 2.66. The van der Waals surface area contributed by atoms with E-state index in [1.807, 2.05) is 0 Å². The Morgan fingerprint density at radius 1 is 1.20 bits per heavy atom. The van der Waals surface area contributed by atoms with Gasteiger partial charge in [0.1, 0.15) is 0 Å². The molecule has 1 rings (SSSR count). The van der Waals surface area contributed by atoms with Crippen LogP contribution in [0.5, 0.6) is 0 Å². The maximum atomic E-state index is 12.3. The predicted molar refractivity (Wildman–Crippen MR) is 38.5 cm³/mol. The molecule has 0 nitrogen and oxygen atoms in total. The lowest BCUT2D eigenvalue weighted by Gasteiger charge is -1.97. The summed E-state index contributed by atoms with van der Waals surface area (Å²) in [5, 5.41) is 0. The van der Waals surface area contributed by atoms with Crippen molar-refractivity contribution >= 4 is 15.9 Å². The average Bonchev–Trinajstić information content (AvgIpc) is 1.84. The third-order valence-corrected chi connectivity index (χ3v) is 1.83. The molecule has 0 aromatic heterocycles. The second-order valence-corrected chi connectivity index (χ2v) is 2.71. The van der Waals surface area contributed by atoms with Gasteiger partial charge in [-0.25, -0.2) is 8.78 Å². The molecule has 1 radical (unpaired) electrons. The molecule has 1 aromatic rings. The van der Waals surface area contributed by atoms with Crippen LogP contribution in [0.4, 0.5) is 8.78 Å². The molecule has 53 valence electrons. The second-order valence-electron chi connectivity index (χ2n) is 1.86. The van der Waals surface area contributed by atoms with Crippen LogP contribution in [0.3, 0.4) is 0 Å². The Kier molecular flexibility index (Phi) is 2.04. The van der Waals surface area contributed by atoms with Crippen molar-refractivity contribution in [2.24, 2.45) is 0 Å². The zero-order valence-electron chi connectivity index (χ0n) is 5.00.